The van der Waals surface area contributed by atoms with E-state index in [0.29, 0.717) is 11.6 Å². The van der Waals surface area contributed by atoms with E-state index in [2.05, 4.69) is 15.8 Å². The van der Waals surface area contributed by atoms with Crippen molar-refractivity contribution in [1.29, 1.82) is 0 Å². The molecule has 6 nitrogen and oxygen atoms in total. The summed E-state index contributed by atoms with van der Waals surface area (Å²) >= 11 is 1.30. The van der Waals surface area contributed by atoms with Crippen molar-refractivity contribution in [2.24, 2.45) is 0 Å². The first-order valence-electron chi connectivity index (χ1n) is 7.11. The first kappa shape index (κ1) is 17.6. The number of nitrogens with one attached hydrogen (secondary N) is 2. The van der Waals surface area contributed by atoms with Gasteiger partial charge in [-0.05, 0) is 26.7 Å². The number of aryl methyl sites for hydroxylation is 1. The summed E-state index contributed by atoms with van der Waals surface area (Å²) in [4.78, 5) is 23.7. The highest BCUT2D eigenvalue weighted by atomic mass is 32.2. The molecule has 0 bridgehead atoms. The smallest absolute Gasteiger partial charge is 0.238 e. The molecule has 7 heteroatoms. The lowest BCUT2D eigenvalue weighted by Gasteiger charge is -2.15. The fraction of sp³-hybridized carbons (Fsp3) is 0.643. The molecule has 0 saturated carbocycles. The molecule has 0 saturated heterocycles. The lowest BCUT2D eigenvalue weighted by molar-refractivity contribution is -0.119. The number of rotatable bonds is 8. The topological polar surface area (TPSA) is 84.2 Å². The van der Waals surface area contributed by atoms with Gasteiger partial charge in [0.25, 0.3) is 0 Å². The number of anilines is 1. The average Bonchev–Trinajstić information content (AvgIpc) is 2.87. The van der Waals surface area contributed by atoms with E-state index >= 15 is 0 Å². The van der Waals surface area contributed by atoms with Gasteiger partial charge in [0.1, 0.15) is 5.76 Å². The Balaban J connectivity index is 2.33. The zero-order valence-corrected chi connectivity index (χ0v) is 13.8. The van der Waals surface area contributed by atoms with Gasteiger partial charge in [-0.25, -0.2) is 0 Å². The van der Waals surface area contributed by atoms with Gasteiger partial charge in [0.15, 0.2) is 5.82 Å². The molecule has 0 aromatic carbocycles. The molecule has 2 amide bonds. The van der Waals surface area contributed by atoms with Crippen molar-refractivity contribution in [3.8, 4) is 0 Å². The SMILES string of the molecule is CCC(CC)NC(=O)CSC(C)C(=O)Nc1cc(C)on1. The van der Waals surface area contributed by atoms with E-state index in [0.717, 1.165) is 12.8 Å². The van der Waals surface area contributed by atoms with Gasteiger partial charge in [-0.15, -0.1) is 11.8 Å². The number of hydrogen-bond acceptors (Lipinski definition) is 5. The second-order valence-corrected chi connectivity index (χ2v) is 6.18. The molecule has 0 aliphatic rings. The van der Waals surface area contributed by atoms with Crippen LogP contribution in [0.2, 0.25) is 0 Å². The van der Waals surface area contributed by atoms with Crippen molar-refractivity contribution in [3.05, 3.63) is 11.8 Å². The highest BCUT2D eigenvalue weighted by molar-refractivity contribution is 8.01. The van der Waals surface area contributed by atoms with E-state index in [1.54, 1.807) is 19.9 Å². The van der Waals surface area contributed by atoms with Crippen LogP contribution in [0.1, 0.15) is 39.4 Å². The number of amides is 2. The van der Waals surface area contributed by atoms with Crippen LogP contribution >= 0.6 is 11.8 Å². The lowest BCUT2D eigenvalue weighted by Crippen LogP contribution is -2.36. The third-order valence-corrected chi connectivity index (χ3v) is 4.21. The molecule has 1 unspecified atom stereocenters. The largest absolute Gasteiger partial charge is 0.360 e. The Kier molecular flexibility index (Phi) is 7.28. The molecular formula is C14H23N3O3S. The van der Waals surface area contributed by atoms with E-state index in [4.69, 9.17) is 4.52 Å². The number of carbonyl (C=O) groups excluding carboxylic acids is 2. The quantitative estimate of drug-likeness (QED) is 0.769. The summed E-state index contributed by atoms with van der Waals surface area (Å²) in [5, 5.41) is 8.96. The number of thioether (sulfide) groups is 1. The molecule has 1 atom stereocenters. The maximum absolute atomic E-state index is 11.9. The highest BCUT2D eigenvalue weighted by Crippen LogP contribution is 2.14. The average molecular weight is 313 g/mol. The summed E-state index contributed by atoms with van der Waals surface area (Å²) in [7, 11) is 0. The molecule has 0 aliphatic carbocycles. The first-order chi connectivity index (χ1) is 9.96. The Morgan fingerprint density at radius 1 is 1.38 bits per heavy atom. The van der Waals surface area contributed by atoms with E-state index < -0.39 is 0 Å². The molecule has 0 radical (unpaired) electrons. The normalized spacial score (nSPS) is 12.2. The second-order valence-electron chi connectivity index (χ2n) is 4.85. The predicted molar refractivity (Wildman–Crippen MR) is 84.3 cm³/mol. The molecule has 2 N–H and O–H groups in total. The van der Waals surface area contributed by atoms with Gasteiger partial charge in [-0.1, -0.05) is 19.0 Å². The Bertz CT molecular complexity index is 472. The molecule has 0 spiro atoms. The Hall–Kier alpha value is -1.50. The van der Waals surface area contributed by atoms with Crippen LogP contribution in [0.15, 0.2) is 10.6 Å². The van der Waals surface area contributed by atoms with Crippen molar-refractivity contribution in [1.82, 2.24) is 10.5 Å². The van der Waals surface area contributed by atoms with Crippen LogP contribution < -0.4 is 10.6 Å². The molecular weight excluding hydrogens is 290 g/mol. The van der Waals surface area contributed by atoms with Gasteiger partial charge >= 0.3 is 0 Å². The van der Waals surface area contributed by atoms with Crippen molar-refractivity contribution >= 4 is 29.4 Å². The summed E-state index contributed by atoms with van der Waals surface area (Å²) in [6, 6.07) is 1.86. The molecule has 1 rings (SSSR count). The summed E-state index contributed by atoms with van der Waals surface area (Å²) in [5.74, 6) is 1.07. The van der Waals surface area contributed by atoms with Crippen LogP contribution in [-0.4, -0.2) is 34.0 Å². The summed E-state index contributed by atoms with van der Waals surface area (Å²) < 4.78 is 4.88. The van der Waals surface area contributed by atoms with Gasteiger partial charge in [-0.2, -0.15) is 0 Å². The zero-order valence-electron chi connectivity index (χ0n) is 12.9. The minimum Gasteiger partial charge on any atom is -0.360 e. The van der Waals surface area contributed by atoms with Crippen molar-refractivity contribution in [3.63, 3.8) is 0 Å². The predicted octanol–water partition coefficient (Wildman–Crippen LogP) is 2.35. The van der Waals surface area contributed by atoms with Crippen LogP contribution in [0.25, 0.3) is 0 Å². The molecule has 0 fully saturated rings. The van der Waals surface area contributed by atoms with Gasteiger partial charge in [-0.3, -0.25) is 9.59 Å². The number of hydrogen-bond donors (Lipinski definition) is 2. The van der Waals surface area contributed by atoms with E-state index in [1.807, 2.05) is 13.8 Å². The Labute approximate surface area is 129 Å². The minimum atomic E-state index is -0.338. The van der Waals surface area contributed by atoms with Gasteiger partial charge in [0, 0.05) is 12.1 Å². The van der Waals surface area contributed by atoms with Crippen LogP contribution in [-0.2, 0) is 9.59 Å². The third-order valence-electron chi connectivity index (χ3n) is 3.06. The molecule has 1 heterocycles. The van der Waals surface area contributed by atoms with Gasteiger partial charge in [0.05, 0.1) is 11.0 Å². The molecule has 1 aromatic rings. The van der Waals surface area contributed by atoms with Crippen molar-refractivity contribution in [2.45, 2.75) is 51.8 Å². The van der Waals surface area contributed by atoms with E-state index in [-0.39, 0.29) is 28.9 Å². The van der Waals surface area contributed by atoms with Gasteiger partial charge < -0.3 is 15.2 Å². The number of nitrogens with zero attached hydrogens (tertiary/aromatic N) is 1. The molecule has 1 aromatic heterocycles. The fourth-order valence-corrected chi connectivity index (χ4v) is 2.39. The van der Waals surface area contributed by atoms with Crippen LogP contribution in [0.5, 0.6) is 0 Å². The standard InChI is InChI=1S/C14H23N3O3S/c1-5-11(6-2)15-13(18)8-21-10(4)14(19)16-12-7-9(3)20-17-12/h7,10-11H,5-6,8H2,1-4H3,(H,15,18)(H,16,17,19). The lowest BCUT2D eigenvalue weighted by atomic mass is 10.2. The van der Waals surface area contributed by atoms with Crippen molar-refractivity contribution < 1.29 is 14.1 Å². The maximum Gasteiger partial charge on any atom is 0.238 e. The van der Waals surface area contributed by atoms with E-state index in [9.17, 15) is 9.59 Å². The molecule has 21 heavy (non-hydrogen) atoms. The summed E-state index contributed by atoms with van der Waals surface area (Å²) in [5.41, 5.74) is 0. The van der Waals surface area contributed by atoms with Gasteiger partial charge in [0.2, 0.25) is 11.8 Å². The third kappa shape index (κ3) is 6.20. The zero-order chi connectivity index (χ0) is 15.8. The molecule has 0 aliphatic heterocycles. The highest BCUT2D eigenvalue weighted by Gasteiger charge is 2.17. The fourth-order valence-electron chi connectivity index (χ4n) is 1.69. The summed E-state index contributed by atoms with van der Waals surface area (Å²) in [6.45, 7) is 7.59. The van der Waals surface area contributed by atoms with Crippen LogP contribution in [0.4, 0.5) is 5.82 Å². The second kappa shape index (κ2) is 8.71. The van der Waals surface area contributed by atoms with E-state index in [1.165, 1.54) is 11.8 Å². The first-order valence-corrected chi connectivity index (χ1v) is 8.16. The van der Waals surface area contributed by atoms with Crippen LogP contribution in [0, 0.1) is 6.92 Å². The monoisotopic (exact) mass is 313 g/mol. The number of carbonyl (C=O) groups is 2. The maximum atomic E-state index is 11.9. The molecule has 118 valence electrons. The summed E-state index contributed by atoms with van der Waals surface area (Å²) in [6.07, 6.45) is 1.82. The Morgan fingerprint density at radius 2 is 2.05 bits per heavy atom. The van der Waals surface area contributed by atoms with Crippen molar-refractivity contribution in [2.75, 3.05) is 11.1 Å². The van der Waals surface area contributed by atoms with Crippen LogP contribution in [0.3, 0.4) is 0 Å². The number of aromatic nitrogens is 1. The Morgan fingerprint density at radius 3 is 2.57 bits per heavy atom. The minimum absolute atomic E-state index is 0.0365.